The number of benzene rings is 2. The molecule has 108 valence electrons. The van der Waals surface area contributed by atoms with E-state index in [9.17, 15) is 0 Å². The van der Waals surface area contributed by atoms with Crippen molar-refractivity contribution < 1.29 is 18.6 Å². The number of methoxy groups -OCH3 is 3. The minimum Gasteiger partial charge on any atom is -0.496 e. The molecule has 0 fully saturated rings. The molecule has 0 saturated heterocycles. The van der Waals surface area contributed by atoms with Gasteiger partial charge in [-0.05, 0) is 12.1 Å². The number of hydrogen-bond acceptors (Lipinski definition) is 5. The van der Waals surface area contributed by atoms with Gasteiger partial charge in [-0.2, -0.15) is 0 Å². The van der Waals surface area contributed by atoms with Crippen molar-refractivity contribution in [2.75, 3.05) is 21.3 Å². The van der Waals surface area contributed by atoms with Gasteiger partial charge in [0.15, 0.2) is 5.58 Å². The summed E-state index contributed by atoms with van der Waals surface area (Å²) in [5, 5.41) is 0. The van der Waals surface area contributed by atoms with E-state index in [2.05, 4.69) is 4.98 Å². The van der Waals surface area contributed by atoms with Gasteiger partial charge < -0.3 is 18.6 Å². The Morgan fingerprint density at radius 1 is 0.905 bits per heavy atom. The predicted molar refractivity (Wildman–Crippen MR) is 79.1 cm³/mol. The highest BCUT2D eigenvalue weighted by molar-refractivity contribution is 5.80. The molecule has 0 N–H and O–H groups in total. The van der Waals surface area contributed by atoms with E-state index in [0.29, 0.717) is 34.3 Å². The van der Waals surface area contributed by atoms with Gasteiger partial charge in [0.1, 0.15) is 28.3 Å². The van der Waals surface area contributed by atoms with Gasteiger partial charge in [0, 0.05) is 12.1 Å². The molecule has 0 aliphatic heterocycles. The summed E-state index contributed by atoms with van der Waals surface area (Å²) in [7, 11) is 4.76. The molecule has 0 amide bonds. The number of nitrogens with zero attached hydrogens (tertiary/aromatic N) is 1. The molecule has 0 atom stereocenters. The average molecular weight is 285 g/mol. The molecule has 5 heteroatoms. The Bertz CT molecular complexity index is 721. The lowest BCUT2D eigenvalue weighted by molar-refractivity contribution is 0.375. The number of oxazole rings is 1. The molecule has 3 aromatic rings. The summed E-state index contributed by atoms with van der Waals surface area (Å²) >= 11 is 0. The Balaban J connectivity index is 2.24. The molecule has 0 aliphatic carbocycles. The molecule has 0 bridgehead atoms. The largest absolute Gasteiger partial charge is 0.496 e. The zero-order valence-corrected chi connectivity index (χ0v) is 12.0. The molecule has 1 aromatic heterocycles. The third-order valence-corrected chi connectivity index (χ3v) is 3.22. The number of hydrogen-bond donors (Lipinski definition) is 0. The topological polar surface area (TPSA) is 53.7 Å². The Kier molecular flexibility index (Phi) is 3.39. The minimum absolute atomic E-state index is 0.451. The van der Waals surface area contributed by atoms with Crippen molar-refractivity contribution in [2.45, 2.75) is 0 Å². The van der Waals surface area contributed by atoms with Crippen LogP contribution in [0.3, 0.4) is 0 Å². The summed E-state index contributed by atoms with van der Waals surface area (Å²) in [6.45, 7) is 0. The lowest BCUT2D eigenvalue weighted by atomic mass is 10.1. The summed E-state index contributed by atoms with van der Waals surface area (Å²) in [4.78, 5) is 4.49. The molecular formula is C16H15NO4. The van der Waals surface area contributed by atoms with Crippen molar-refractivity contribution >= 4 is 11.1 Å². The van der Waals surface area contributed by atoms with Crippen LogP contribution in [-0.4, -0.2) is 26.3 Å². The fraction of sp³-hybridized carbons (Fsp3) is 0.188. The van der Waals surface area contributed by atoms with Crippen molar-refractivity contribution in [3.8, 4) is 28.7 Å². The maximum atomic E-state index is 5.80. The number of ether oxygens (including phenoxy) is 3. The number of para-hydroxylation sites is 2. The number of fused-ring (bicyclic) bond motifs is 1. The van der Waals surface area contributed by atoms with Crippen molar-refractivity contribution in [2.24, 2.45) is 0 Å². The molecule has 5 nitrogen and oxygen atoms in total. The third-order valence-electron chi connectivity index (χ3n) is 3.22. The Hall–Kier alpha value is -2.69. The fourth-order valence-electron chi connectivity index (χ4n) is 2.20. The fourth-order valence-corrected chi connectivity index (χ4v) is 2.20. The van der Waals surface area contributed by atoms with Crippen LogP contribution in [0.25, 0.3) is 22.6 Å². The first-order chi connectivity index (χ1) is 10.3. The summed E-state index contributed by atoms with van der Waals surface area (Å²) in [6, 6.07) is 11.1. The first-order valence-electron chi connectivity index (χ1n) is 6.42. The SMILES string of the molecule is COc1cc(OC)c(-c2nc3ccccc3o2)c(OC)c1. The summed E-state index contributed by atoms with van der Waals surface area (Å²) in [5.74, 6) is 2.26. The van der Waals surface area contributed by atoms with Crippen molar-refractivity contribution in [3.63, 3.8) is 0 Å². The first-order valence-corrected chi connectivity index (χ1v) is 6.42. The highest BCUT2D eigenvalue weighted by atomic mass is 16.5. The van der Waals surface area contributed by atoms with E-state index < -0.39 is 0 Å². The quantitative estimate of drug-likeness (QED) is 0.734. The van der Waals surface area contributed by atoms with Crippen LogP contribution in [0.4, 0.5) is 0 Å². The second-order valence-electron chi connectivity index (χ2n) is 4.39. The smallest absolute Gasteiger partial charge is 0.234 e. The standard InChI is InChI=1S/C16H15NO4/c1-18-10-8-13(19-2)15(14(9-10)20-3)16-17-11-6-4-5-7-12(11)21-16/h4-9H,1-3H3. The molecule has 0 aliphatic rings. The summed E-state index contributed by atoms with van der Waals surface area (Å²) < 4.78 is 21.9. The minimum atomic E-state index is 0.451. The first kappa shape index (κ1) is 13.3. The monoisotopic (exact) mass is 285 g/mol. The van der Waals surface area contributed by atoms with E-state index in [1.807, 2.05) is 24.3 Å². The van der Waals surface area contributed by atoms with E-state index >= 15 is 0 Å². The second kappa shape index (κ2) is 5.36. The van der Waals surface area contributed by atoms with Crippen LogP contribution < -0.4 is 14.2 Å². The molecule has 21 heavy (non-hydrogen) atoms. The van der Waals surface area contributed by atoms with E-state index in [0.717, 1.165) is 5.52 Å². The van der Waals surface area contributed by atoms with Gasteiger partial charge in [-0.25, -0.2) is 4.98 Å². The lowest BCUT2D eigenvalue weighted by Crippen LogP contribution is -1.95. The molecular weight excluding hydrogens is 270 g/mol. The average Bonchev–Trinajstić information content (AvgIpc) is 2.96. The van der Waals surface area contributed by atoms with Gasteiger partial charge in [-0.1, -0.05) is 12.1 Å². The summed E-state index contributed by atoms with van der Waals surface area (Å²) in [6.07, 6.45) is 0. The van der Waals surface area contributed by atoms with Crippen LogP contribution in [0.1, 0.15) is 0 Å². The number of rotatable bonds is 4. The zero-order chi connectivity index (χ0) is 14.8. The van der Waals surface area contributed by atoms with Gasteiger partial charge in [0.2, 0.25) is 5.89 Å². The Morgan fingerprint density at radius 2 is 1.57 bits per heavy atom. The van der Waals surface area contributed by atoms with Crippen molar-refractivity contribution in [1.82, 2.24) is 4.98 Å². The Labute approximate surface area is 122 Å². The third kappa shape index (κ3) is 2.27. The van der Waals surface area contributed by atoms with Gasteiger partial charge in [0.05, 0.1) is 21.3 Å². The zero-order valence-electron chi connectivity index (χ0n) is 12.0. The highest BCUT2D eigenvalue weighted by Gasteiger charge is 2.20. The van der Waals surface area contributed by atoms with Crippen LogP contribution in [0.2, 0.25) is 0 Å². The highest BCUT2D eigenvalue weighted by Crippen LogP contribution is 2.42. The van der Waals surface area contributed by atoms with Crippen molar-refractivity contribution in [1.29, 1.82) is 0 Å². The molecule has 0 unspecified atom stereocenters. The van der Waals surface area contributed by atoms with E-state index in [4.69, 9.17) is 18.6 Å². The van der Waals surface area contributed by atoms with Gasteiger partial charge in [-0.3, -0.25) is 0 Å². The predicted octanol–water partition coefficient (Wildman–Crippen LogP) is 3.52. The van der Waals surface area contributed by atoms with Gasteiger partial charge in [-0.15, -0.1) is 0 Å². The van der Waals surface area contributed by atoms with E-state index in [1.165, 1.54) is 0 Å². The molecule has 0 radical (unpaired) electrons. The van der Waals surface area contributed by atoms with Gasteiger partial charge in [0.25, 0.3) is 0 Å². The molecule has 0 saturated carbocycles. The number of aromatic nitrogens is 1. The van der Waals surface area contributed by atoms with Crippen LogP contribution in [0.5, 0.6) is 17.2 Å². The Morgan fingerprint density at radius 3 is 2.14 bits per heavy atom. The molecule has 0 spiro atoms. The van der Waals surface area contributed by atoms with E-state index in [1.54, 1.807) is 33.5 Å². The molecule has 2 aromatic carbocycles. The van der Waals surface area contributed by atoms with Crippen LogP contribution in [-0.2, 0) is 0 Å². The van der Waals surface area contributed by atoms with Crippen LogP contribution >= 0.6 is 0 Å². The molecule has 3 rings (SSSR count). The second-order valence-corrected chi connectivity index (χ2v) is 4.39. The lowest BCUT2D eigenvalue weighted by Gasteiger charge is -2.12. The van der Waals surface area contributed by atoms with Crippen molar-refractivity contribution in [3.05, 3.63) is 36.4 Å². The maximum Gasteiger partial charge on any atom is 0.234 e. The molecule has 1 heterocycles. The normalized spacial score (nSPS) is 10.6. The van der Waals surface area contributed by atoms with Gasteiger partial charge >= 0.3 is 0 Å². The van der Waals surface area contributed by atoms with Crippen LogP contribution in [0, 0.1) is 0 Å². The van der Waals surface area contributed by atoms with Crippen LogP contribution in [0.15, 0.2) is 40.8 Å². The summed E-state index contributed by atoms with van der Waals surface area (Å²) in [5.41, 5.74) is 2.16. The maximum absolute atomic E-state index is 5.80. The van der Waals surface area contributed by atoms with E-state index in [-0.39, 0.29) is 0 Å².